The minimum atomic E-state index is 0.0336. The number of carbonyl (C=O) groups excluding carboxylic acids is 1. The molecular weight excluding hydrogens is 260 g/mol. The normalized spacial score (nSPS) is 20.2. The molecule has 3 nitrogen and oxygen atoms in total. The van der Waals surface area contributed by atoms with Crippen molar-refractivity contribution in [2.24, 2.45) is 5.92 Å². The SMILES string of the molecule is CC1CCCN(CCC(=O)Nc2ccccc2Cl)C1. The molecule has 0 aliphatic carbocycles. The molecule has 1 aromatic rings. The Morgan fingerprint density at radius 3 is 3.00 bits per heavy atom. The zero-order valence-corrected chi connectivity index (χ0v) is 12.1. The first-order valence-electron chi connectivity index (χ1n) is 6.92. The molecule has 1 aromatic carbocycles. The summed E-state index contributed by atoms with van der Waals surface area (Å²) in [5, 5.41) is 3.45. The third kappa shape index (κ3) is 4.51. The van der Waals surface area contributed by atoms with Crippen LogP contribution in [0.3, 0.4) is 0 Å². The van der Waals surface area contributed by atoms with Crippen molar-refractivity contribution in [2.75, 3.05) is 25.0 Å². The number of amides is 1. The molecule has 1 saturated heterocycles. The van der Waals surface area contributed by atoms with E-state index in [0.717, 1.165) is 25.6 Å². The van der Waals surface area contributed by atoms with Gasteiger partial charge in [-0.1, -0.05) is 30.7 Å². The van der Waals surface area contributed by atoms with Crippen molar-refractivity contribution in [3.8, 4) is 0 Å². The Bertz CT molecular complexity index is 436. The zero-order chi connectivity index (χ0) is 13.7. The van der Waals surface area contributed by atoms with E-state index in [1.165, 1.54) is 12.8 Å². The van der Waals surface area contributed by atoms with Crippen molar-refractivity contribution in [3.63, 3.8) is 0 Å². The topological polar surface area (TPSA) is 32.3 Å². The Balaban J connectivity index is 1.77. The van der Waals surface area contributed by atoms with Crippen molar-refractivity contribution < 1.29 is 4.79 Å². The molecule has 104 valence electrons. The molecule has 1 amide bonds. The molecule has 2 rings (SSSR count). The summed E-state index contributed by atoms with van der Waals surface area (Å²) in [5.41, 5.74) is 0.696. The molecule has 1 aliphatic rings. The Labute approximate surface area is 119 Å². The van der Waals surface area contributed by atoms with Crippen LogP contribution in [0.2, 0.25) is 5.02 Å². The van der Waals surface area contributed by atoms with Gasteiger partial charge in [0.2, 0.25) is 5.91 Å². The second-order valence-corrected chi connectivity index (χ2v) is 5.73. The molecule has 0 spiro atoms. The first-order valence-corrected chi connectivity index (χ1v) is 7.29. The molecule has 1 unspecified atom stereocenters. The van der Waals surface area contributed by atoms with Gasteiger partial charge in [0.15, 0.2) is 0 Å². The van der Waals surface area contributed by atoms with E-state index in [1.807, 2.05) is 18.2 Å². The van der Waals surface area contributed by atoms with Crippen molar-refractivity contribution >= 4 is 23.2 Å². The lowest BCUT2D eigenvalue weighted by atomic mass is 10.0. The van der Waals surface area contributed by atoms with Gasteiger partial charge in [0.25, 0.3) is 0 Å². The van der Waals surface area contributed by atoms with E-state index in [0.29, 0.717) is 17.1 Å². The number of likely N-dealkylation sites (tertiary alicyclic amines) is 1. The lowest BCUT2D eigenvalue weighted by Crippen LogP contribution is -2.36. The van der Waals surface area contributed by atoms with E-state index < -0.39 is 0 Å². The number of halogens is 1. The molecule has 1 N–H and O–H groups in total. The summed E-state index contributed by atoms with van der Waals surface area (Å²) in [6, 6.07) is 7.33. The molecule has 1 aliphatic heterocycles. The van der Waals surface area contributed by atoms with E-state index in [9.17, 15) is 4.79 Å². The summed E-state index contributed by atoms with van der Waals surface area (Å²) < 4.78 is 0. The standard InChI is InChI=1S/C15H21ClN2O/c1-12-5-4-9-18(11-12)10-8-15(19)17-14-7-3-2-6-13(14)16/h2-3,6-7,12H,4-5,8-11H2,1H3,(H,17,19). The molecule has 0 radical (unpaired) electrons. The van der Waals surface area contributed by atoms with Crippen LogP contribution in [0.15, 0.2) is 24.3 Å². The molecule has 1 atom stereocenters. The van der Waals surface area contributed by atoms with Crippen molar-refractivity contribution in [1.82, 2.24) is 4.90 Å². The predicted molar refractivity (Wildman–Crippen MR) is 79.5 cm³/mol. The molecule has 1 heterocycles. The van der Waals surface area contributed by atoms with Crippen LogP contribution in [-0.2, 0) is 4.79 Å². The zero-order valence-electron chi connectivity index (χ0n) is 11.4. The van der Waals surface area contributed by atoms with E-state index in [1.54, 1.807) is 6.07 Å². The summed E-state index contributed by atoms with van der Waals surface area (Å²) in [7, 11) is 0. The van der Waals surface area contributed by atoms with Crippen LogP contribution in [0.5, 0.6) is 0 Å². The minimum Gasteiger partial charge on any atom is -0.325 e. The highest BCUT2D eigenvalue weighted by molar-refractivity contribution is 6.33. The largest absolute Gasteiger partial charge is 0.325 e. The minimum absolute atomic E-state index is 0.0336. The Hall–Kier alpha value is -1.06. The van der Waals surface area contributed by atoms with Crippen molar-refractivity contribution in [2.45, 2.75) is 26.2 Å². The summed E-state index contributed by atoms with van der Waals surface area (Å²) in [4.78, 5) is 14.3. The first-order chi connectivity index (χ1) is 9.15. The van der Waals surface area contributed by atoms with Gasteiger partial charge in [-0.2, -0.15) is 0 Å². The van der Waals surface area contributed by atoms with Gasteiger partial charge in [-0.3, -0.25) is 4.79 Å². The maximum atomic E-state index is 11.9. The fourth-order valence-corrected chi connectivity index (χ4v) is 2.71. The second-order valence-electron chi connectivity index (χ2n) is 5.33. The third-order valence-electron chi connectivity index (χ3n) is 3.54. The van der Waals surface area contributed by atoms with E-state index in [2.05, 4.69) is 17.1 Å². The molecule has 4 heteroatoms. The van der Waals surface area contributed by atoms with Gasteiger partial charge in [-0.25, -0.2) is 0 Å². The van der Waals surface area contributed by atoms with Gasteiger partial charge in [0.1, 0.15) is 0 Å². The molecule has 0 bridgehead atoms. The molecule has 0 saturated carbocycles. The third-order valence-corrected chi connectivity index (χ3v) is 3.87. The first kappa shape index (κ1) is 14.4. The van der Waals surface area contributed by atoms with E-state index in [4.69, 9.17) is 11.6 Å². The molecular formula is C15H21ClN2O. The highest BCUT2D eigenvalue weighted by Crippen LogP contribution is 2.20. The Kier molecular flexibility index (Phi) is 5.23. The van der Waals surface area contributed by atoms with Crippen LogP contribution in [0.4, 0.5) is 5.69 Å². The molecule has 19 heavy (non-hydrogen) atoms. The maximum Gasteiger partial charge on any atom is 0.225 e. The van der Waals surface area contributed by atoms with Crippen LogP contribution in [0, 0.1) is 5.92 Å². The number of hydrogen-bond donors (Lipinski definition) is 1. The van der Waals surface area contributed by atoms with E-state index in [-0.39, 0.29) is 5.91 Å². The predicted octanol–water partition coefficient (Wildman–Crippen LogP) is 3.40. The Morgan fingerprint density at radius 2 is 2.26 bits per heavy atom. The Morgan fingerprint density at radius 1 is 1.47 bits per heavy atom. The number of nitrogens with one attached hydrogen (secondary N) is 1. The highest BCUT2D eigenvalue weighted by atomic mass is 35.5. The van der Waals surface area contributed by atoms with Crippen LogP contribution in [0.25, 0.3) is 0 Å². The summed E-state index contributed by atoms with van der Waals surface area (Å²) >= 11 is 6.01. The average Bonchev–Trinajstić information content (AvgIpc) is 2.39. The van der Waals surface area contributed by atoms with Gasteiger partial charge in [0, 0.05) is 19.5 Å². The number of piperidine rings is 1. The van der Waals surface area contributed by atoms with E-state index >= 15 is 0 Å². The number of rotatable bonds is 4. The quantitative estimate of drug-likeness (QED) is 0.917. The molecule has 0 aromatic heterocycles. The van der Waals surface area contributed by atoms with Crippen molar-refractivity contribution in [1.29, 1.82) is 0 Å². The second kappa shape index (κ2) is 6.92. The lowest BCUT2D eigenvalue weighted by Gasteiger charge is -2.30. The highest BCUT2D eigenvalue weighted by Gasteiger charge is 2.16. The lowest BCUT2D eigenvalue weighted by molar-refractivity contribution is -0.116. The van der Waals surface area contributed by atoms with Gasteiger partial charge in [-0.05, 0) is 37.4 Å². The average molecular weight is 281 g/mol. The fraction of sp³-hybridized carbons (Fsp3) is 0.533. The maximum absolute atomic E-state index is 11.9. The number of hydrogen-bond acceptors (Lipinski definition) is 2. The van der Waals surface area contributed by atoms with Gasteiger partial charge >= 0.3 is 0 Å². The van der Waals surface area contributed by atoms with Gasteiger partial charge < -0.3 is 10.2 Å². The summed E-state index contributed by atoms with van der Waals surface area (Å²) in [6.07, 6.45) is 3.08. The van der Waals surface area contributed by atoms with Crippen LogP contribution < -0.4 is 5.32 Å². The monoisotopic (exact) mass is 280 g/mol. The van der Waals surface area contributed by atoms with Crippen molar-refractivity contribution in [3.05, 3.63) is 29.3 Å². The smallest absolute Gasteiger partial charge is 0.225 e. The van der Waals surface area contributed by atoms with Gasteiger partial charge in [-0.15, -0.1) is 0 Å². The van der Waals surface area contributed by atoms with Crippen LogP contribution in [0.1, 0.15) is 26.2 Å². The number of benzene rings is 1. The number of nitrogens with zero attached hydrogens (tertiary/aromatic N) is 1. The number of anilines is 1. The van der Waals surface area contributed by atoms with Crippen LogP contribution in [-0.4, -0.2) is 30.4 Å². The number of carbonyl (C=O) groups is 1. The summed E-state index contributed by atoms with van der Waals surface area (Å²) in [6.45, 7) is 5.33. The number of para-hydroxylation sites is 1. The molecule has 1 fully saturated rings. The van der Waals surface area contributed by atoms with Crippen LogP contribution >= 0.6 is 11.6 Å². The van der Waals surface area contributed by atoms with Gasteiger partial charge in [0.05, 0.1) is 10.7 Å². The fourth-order valence-electron chi connectivity index (χ4n) is 2.52. The summed E-state index contributed by atoms with van der Waals surface area (Å²) in [5.74, 6) is 0.784.